The summed E-state index contributed by atoms with van der Waals surface area (Å²) in [6.07, 6.45) is 1.12. The summed E-state index contributed by atoms with van der Waals surface area (Å²) in [5.41, 5.74) is 0.617. The fraction of sp³-hybridized carbons (Fsp3) is 0.250. The number of hydrogen-bond acceptors (Lipinski definition) is 3. The van der Waals surface area contributed by atoms with E-state index < -0.39 is 6.10 Å². The van der Waals surface area contributed by atoms with Crippen molar-refractivity contribution in [3.05, 3.63) is 16.9 Å². The van der Waals surface area contributed by atoms with Gasteiger partial charge in [0.15, 0.2) is 6.10 Å². The van der Waals surface area contributed by atoms with Gasteiger partial charge in [-0.25, -0.2) is 4.98 Å². The summed E-state index contributed by atoms with van der Waals surface area (Å²) >= 11 is 3.22. The number of nitrogens with one attached hydrogen (secondary N) is 1. The normalized spacial score (nSPS) is 20.2. The monoisotopic (exact) mass is 242 g/mol. The van der Waals surface area contributed by atoms with Gasteiger partial charge in [0, 0.05) is 6.07 Å². The van der Waals surface area contributed by atoms with Gasteiger partial charge in [-0.2, -0.15) is 0 Å². The molecular formula is C8H7BrN2O2. The van der Waals surface area contributed by atoms with Crippen LogP contribution < -0.4 is 10.1 Å². The third-order valence-electron chi connectivity index (χ3n) is 1.76. The Bertz CT molecular complexity index is 367. The molecule has 1 aromatic heterocycles. The van der Waals surface area contributed by atoms with Crippen molar-refractivity contribution in [1.82, 2.24) is 4.98 Å². The Balaban J connectivity index is 2.42. The minimum atomic E-state index is -0.443. The molecule has 0 unspecified atom stereocenters. The van der Waals surface area contributed by atoms with Crippen molar-refractivity contribution >= 4 is 27.5 Å². The fourth-order valence-electron chi connectivity index (χ4n) is 1.08. The quantitative estimate of drug-likeness (QED) is 0.703. The van der Waals surface area contributed by atoms with Crippen LogP contribution in [-0.4, -0.2) is 17.0 Å². The predicted molar refractivity (Wildman–Crippen MR) is 50.7 cm³/mol. The molecule has 0 bridgehead atoms. The van der Waals surface area contributed by atoms with Crippen molar-refractivity contribution in [3.63, 3.8) is 0 Å². The lowest BCUT2D eigenvalue weighted by Gasteiger charge is -2.22. The molecule has 0 aliphatic carbocycles. The molecule has 0 radical (unpaired) electrons. The molecule has 1 N–H and O–H groups in total. The number of aromatic nitrogens is 1. The van der Waals surface area contributed by atoms with Crippen molar-refractivity contribution in [2.75, 3.05) is 5.32 Å². The highest BCUT2D eigenvalue weighted by Crippen LogP contribution is 2.30. The number of fused-ring (bicyclic) bond motifs is 1. The van der Waals surface area contributed by atoms with Crippen LogP contribution in [0.3, 0.4) is 0 Å². The average molecular weight is 243 g/mol. The zero-order valence-corrected chi connectivity index (χ0v) is 8.46. The lowest BCUT2D eigenvalue weighted by atomic mass is 10.2. The van der Waals surface area contributed by atoms with E-state index in [9.17, 15) is 4.79 Å². The number of pyridine rings is 1. The smallest absolute Gasteiger partial charge is 0.265 e. The van der Waals surface area contributed by atoms with Gasteiger partial charge in [-0.05, 0) is 22.9 Å². The van der Waals surface area contributed by atoms with Gasteiger partial charge >= 0.3 is 0 Å². The third kappa shape index (κ3) is 1.51. The van der Waals surface area contributed by atoms with Gasteiger partial charge in [0.2, 0.25) is 0 Å². The summed E-state index contributed by atoms with van der Waals surface area (Å²) in [5, 5.41) is 2.69. The SMILES string of the molecule is C[C@H]1Oc2cc(Br)ncc2NC1=O. The molecule has 1 amide bonds. The summed E-state index contributed by atoms with van der Waals surface area (Å²) in [7, 11) is 0. The van der Waals surface area contributed by atoms with E-state index in [1.165, 1.54) is 0 Å². The number of halogens is 1. The van der Waals surface area contributed by atoms with E-state index in [0.717, 1.165) is 0 Å². The Morgan fingerprint density at radius 1 is 1.69 bits per heavy atom. The highest BCUT2D eigenvalue weighted by molar-refractivity contribution is 9.10. The van der Waals surface area contributed by atoms with E-state index >= 15 is 0 Å². The predicted octanol–water partition coefficient (Wildman–Crippen LogP) is 1.56. The van der Waals surface area contributed by atoms with Crippen LogP contribution in [0.2, 0.25) is 0 Å². The molecule has 0 saturated heterocycles. The van der Waals surface area contributed by atoms with Crippen LogP contribution >= 0.6 is 15.9 Å². The second-order valence-electron chi connectivity index (χ2n) is 2.75. The van der Waals surface area contributed by atoms with E-state index in [4.69, 9.17) is 4.74 Å². The van der Waals surface area contributed by atoms with Gasteiger partial charge in [-0.15, -0.1) is 0 Å². The molecule has 0 saturated carbocycles. The Morgan fingerprint density at radius 3 is 3.23 bits per heavy atom. The highest BCUT2D eigenvalue weighted by Gasteiger charge is 2.23. The molecule has 2 heterocycles. The number of carbonyl (C=O) groups is 1. The van der Waals surface area contributed by atoms with E-state index in [-0.39, 0.29) is 5.91 Å². The number of rotatable bonds is 0. The van der Waals surface area contributed by atoms with E-state index in [0.29, 0.717) is 16.0 Å². The number of amides is 1. The third-order valence-corrected chi connectivity index (χ3v) is 2.20. The fourth-order valence-corrected chi connectivity index (χ4v) is 1.39. The Hall–Kier alpha value is -1.10. The maximum atomic E-state index is 11.2. The first-order valence-electron chi connectivity index (χ1n) is 3.80. The first-order chi connectivity index (χ1) is 6.16. The Morgan fingerprint density at radius 2 is 2.46 bits per heavy atom. The average Bonchev–Trinajstić information content (AvgIpc) is 2.08. The summed E-state index contributed by atoms with van der Waals surface area (Å²) in [6, 6.07) is 1.73. The van der Waals surface area contributed by atoms with Gasteiger partial charge < -0.3 is 10.1 Å². The summed E-state index contributed by atoms with van der Waals surface area (Å²) in [5.74, 6) is 0.505. The van der Waals surface area contributed by atoms with Crippen LogP contribution in [0.5, 0.6) is 5.75 Å². The molecule has 13 heavy (non-hydrogen) atoms. The molecule has 1 aliphatic rings. The van der Waals surface area contributed by atoms with Crippen molar-refractivity contribution in [1.29, 1.82) is 0 Å². The van der Waals surface area contributed by atoms with Gasteiger partial charge in [0.25, 0.3) is 5.91 Å². The number of hydrogen-bond donors (Lipinski definition) is 1. The lowest BCUT2D eigenvalue weighted by Crippen LogP contribution is -2.34. The lowest BCUT2D eigenvalue weighted by molar-refractivity contribution is -0.122. The minimum absolute atomic E-state index is 0.142. The second-order valence-corrected chi connectivity index (χ2v) is 3.56. The van der Waals surface area contributed by atoms with Crippen LogP contribution in [0.1, 0.15) is 6.92 Å². The molecule has 0 fully saturated rings. The van der Waals surface area contributed by atoms with Gasteiger partial charge in [-0.3, -0.25) is 4.79 Å². The molecule has 4 nitrogen and oxygen atoms in total. The number of ether oxygens (including phenoxy) is 1. The maximum Gasteiger partial charge on any atom is 0.265 e. The Kier molecular flexibility index (Phi) is 1.95. The zero-order valence-electron chi connectivity index (χ0n) is 6.87. The zero-order chi connectivity index (χ0) is 9.42. The maximum absolute atomic E-state index is 11.2. The molecule has 1 atom stereocenters. The summed E-state index contributed by atoms with van der Waals surface area (Å²) in [6.45, 7) is 1.70. The highest BCUT2D eigenvalue weighted by atomic mass is 79.9. The van der Waals surface area contributed by atoms with Gasteiger partial charge in [0.1, 0.15) is 16.0 Å². The molecule has 1 aliphatic heterocycles. The van der Waals surface area contributed by atoms with Crippen molar-refractivity contribution in [3.8, 4) is 5.75 Å². The Labute approximate surface area is 83.4 Å². The minimum Gasteiger partial charge on any atom is -0.479 e. The molecule has 0 spiro atoms. The van der Waals surface area contributed by atoms with E-state index in [1.807, 2.05) is 0 Å². The van der Waals surface area contributed by atoms with E-state index in [2.05, 4.69) is 26.2 Å². The van der Waals surface area contributed by atoms with Crippen LogP contribution in [0.25, 0.3) is 0 Å². The van der Waals surface area contributed by atoms with Crippen LogP contribution in [0.15, 0.2) is 16.9 Å². The van der Waals surface area contributed by atoms with Crippen molar-refractivity contribution < 1.29 is 9.53 Å². The largest absolute Gasteiger partial charge is 0.479 e. The summed E-state index contributed by atoms with van der Waals surface area (Å²) < 4.78 is 6.03. The molecule has 5 heteroatoms. The van der Waals surface area contributed by atoms with Gasteiger partial charge in [0.05, 0.1) is 6.20 Å². The molecular weight excluding hydrogens is 236 g/mol. The molecule has 68 valence electrons. The van der Waals surface area contributed by atoms with Crippen LogP contribution in [0.4, 0.5) is 5.69 Å². The van der Waals surface area contributed by atoms with Crippen molar-refractivity contribution in [2.24, 2.45) is 0 Å². The standard InChI is InChI=1S/C8H7BrN2O2/c1-4-8(12)11-5-3-10-7(9)2-6(5)13-4/h2-4H,1H3,(H,11,12)/t4-/m1/s1. The topological polar surface area (TPSA) is 51.2 Å². The van der Waals surface area contributed by atoms with E-state index in [1.54, 1.807) is 19.2 Å². The summed E-state index contributed by atoms with van der Waals surface area (Å²) in [4.78, 5) is 15.1. The van der Waals surface area contributed by atoms with Crippen LogP contribution in [-0.2, 0) is 4.79 Å². The first kappa shape index (κ1) is 8.50. The van der Waals surface area contributed by atoms with Crippen LogP contribution in [0, 0.1) is 0 Å². The van der Waals surface area contributed by atoms with Crippen molar-refractivity contribution in [2.45, 2.75) is 13.0 Å². The number of anilines is 1. The first-order valence-corrected chi connectivity index (χ1v) is 4.59. The number of nitrogens with zero attached hydrogens (tertiary/aromatic N) is 1. The molecule has 2 rings (SSSR count). The number of carbonyl (C=O) groups excluding carboxylic acids is 1. The van der Waals surface area contributed by atoms with Gasteiger partial charge in [-0.1, -0.05) is 0 Å². The molecule has 1 aromatic rings. The molecule has 0 aromatic carbocycles. The second kappa shape index (κ2) is 2.99.